The van der Waals surface area contributed by atoms with E-state index >= 15 is 0 Å². The number of hydrogen-bond donors (Lipinski definition) is 1. The van der Waals surface area contributed by atoms with Crippen LogP contribution in [0.3, 0.4) is 0 Å². The number of aromatic nitrogens is 3. The Bertz CT molecular complexity index is 1050. The summed E-state index contributed by atoms with van der Waals surface area (Å²) in [4.78, 5) is 27.5. The van der Waals surface area contributed by atoms with E-state index in [4.69, 9.17) is 21.1 Å². The maximum atomic E-state index is 12.8. The Labute approximate surface area is 176 Å². The van der Waals surface area contributed by atoms with Gasteiger partial charge in [-0.1, -0.05) is 17.4 Å². The lowest BCUT2D eigenvalue weighted by Crippen LogP contribution is -2.28. The fourth-order valence-corrected chi connectivity index (χ4v) is 4.30. The van der Waals surface area contributed by atoms with E-state index in [9.17, 15) is 4.79 Å². The topological polar surface area (TPSA) is 89.5 Å². The molecule has 0 aliphatic carbocycles. The van der Waals surface area contributed by atoms with Gasteiger partial charge in [0.05, 0.1) is 14.2 Å². The molecule has 2 aromatic heterocycles. The predicted molar refractivity (Wildman–Crippen MR) is 112 cm³/mol. The Kier molecular flexibility index (Phi) is 5.68. The first kappa shape index (κ1) is 19.7. The Morgan fingerprint density at radius 1 is 1.17 bits per heavy atom. The molecular formula is C19H20ClN5O3S. The summed E-state index contributed by atoms with van der Waals surface area (Å²) in [7, 11) is 3.20. The molecule has 0 unspecified atom stereocenters. The number of amides is 1. The third-order valence-corrected chi connectivity index (χ3v) is 5.89. The highest BCUT2D eigenvalue weighted by atomic mass is 35.5. The highest BCUT2D eigenvalue weighted by molar-refractivity contribution is 7.22. The van der Waals surface area contributed by atoms with Gasteiger partial charge in [0.15, 0.2) is 28.0 Å². The molecule has 1 aliphatic rings. The number of fused-ring (bicyclic) bond motifs is 1. The first-order valence-corrected chi connectivity index (χ1v) is 10.4. The molecule has 1 aliphatic heterocycles. The van der Waals surface area contributed by atoms with Crippen molar-refractivity contribution in [3.63, 3.8) is 0 Å². The molecule has 1 saturated heterocycles. The maximum absolute atomic E-state index is 12.8. The van der Waals surface area contributed by atoms with Crippen LogP contribution in [0.5, 0.6) is 11.5 Å². The number of ether oxygens (including phenoxy) is 2. The molecule has 152 valence electrons. The van der Waals surface area contributed by atoms with Crippen LogP contribution in [0.1, 0.15) is 28.9 Å². The second-order valence-corrected chi connectivity index (χ2v) is 7.89. The van der Waals surface area contributed by atoms with Gasteiger partial charge in [0.2, 0.25) is 5.28 Å². The highest BCUT2D eigenvalue weighted by Crippen LogP contribution is 2.31. The summed E-state index contributed by atoms with van der Waals surface area (Å²) >= 11 is 7.39. The third kappa shape index (κ3) is 4.06. The summed E-state index contributed by atoms with van der Waals surface area (Å²) in [5, 5.41) is 3.93. The van der Waals surface area contributed by atoms with Gasteiger partial charge in [0.25, 0.3) is 5.91 Å². The average Bonchev–Trinajstić information content (AvgIpc) is 3.40. The summed E-state index contributed by atoms with van der Waals surface area (Å²) < 4.78 is 11.2. The smallest absolute Gasteiger partial charge is 0.274 e. The number of nitrogens with zero attached hydrogens (tertiary/aromatic N) is 4. The van der Waals surface area contributed by atoms with Crippen LogP contribution in [-0.2, 0) is 6.54 Å². The molecule has 0 bridgehead atoms. The molecule has 0 atom stereocenters. The number of thiazole rings is 1. The average molecular weight is 434 g/mol. The number of carbonyl (C=O) groups excluding carboxylic acids is 1. The summed E-state index contributed by atoms with van der Waals surface area (Å²) in [5.74, 6) is 1.21. The number of nitrogens with one attached hydrogen (secondary N) is 1. The van der Waals surface area contributed by atoms with Crippen molar-refractivity contribution in [1.29, 1.82) is 0 Å². The monoisotopic (exact) mass is 433 g/mol. The molecule has 0 radical (unpaired) electrons. The summed E-state index contributed by atoms with van der Waals surface area (Å²) in [6.07, 6.45) is 2.02. The van der Waals surface area contributed by atoms with Gasteiger partial charge in [-0.05, 0) is 42.1 Å². The van der Waals surface area contributed by atoms with Crippen molar-refractivity contribution in [2.45, 2.75) is 19.4 Å². The second kappa shape index (κ2) is 8.38. The molecule has 1 fully saturated rings. The first-order valence-electron chi connectivity index (χ1n) is 9.17. The van der Waals surface area contributed by atoms with E-state index in [1.807, 2.05) is 18.2 Å². The van der Waals surface area contributed by atoms with Crippen LogP contribution < -0.4 is 14.8 Å². The third-order valence-electron chi connectivity index (χ3n) is 4.71. The number of carbonyl (C=O) groups is 1. The number of halogens is 1. The molecule has 3 heterocycles. The van der Waals surface area contributed by atoms with Crippen molar-refractivity contribution < 1.29 is 14.3 Å². The molecule has 29 heavy (non-hydrogen) atoms. The summed E-state index contributed by atoms with van der Waals surface area (Å²) in [6, 6.07) is 5.70. The molecule has 1 amide bonds. The van der Waals surface area contributed by atoms with Crippen LogP contribution in [-0.4, -0.2) is 53.1 Å². The fourth-order valence-electron chi connectivity index (χ4n) is 3.26. The van der Waals surface area contributed by atoms with E-state index < -0.39 is 0 Å². The Morgan fingerprint density at radius 3 is 2.66 bits per heavy atom. The molecule has 0 saturated carbocycles. The number of hydrogen-bond acceptors (Lipinski definition) is 8. The van der Waals surface area contributed by atoms with Crippen LogP contribution in [0.2, 0.25) is 5.28 Å². The van der Waals surface area contributed by atoms with E-state index in [1.54, 1.807) is 19.1 Å². The fraction of sp³-hybridized carbons (Fsp3) is 0.368. The standard InChI is InChI=1S/C19H20ClN5O3S/c1-27-12-6-5-11(9-13(12)28-2)10-21-19-24-16-15(29-19)14(22-18(20)23-16)17(26)25-7-3-4-8-25/h5-6,9H,3-4,7-8,10H2,1-2H3,(H,21,22,23,24). The van der Waals surface area contributed by atoms with Gasteiger partial charge in [0.1, 0.15) is 4.70 Å². The Morgan fingerprint density at radius 2 is 1.93 bits per heavy atom. The molecule has 3 aromatic rings. The van der Waals surface area contributed by atoms with Gasteiger partial charge in [-0.2, -0.15) is 9.97 Å². The molecule has 1 aromatic carbocycles. The van der Waals surface area contributed by atoms with Crippen molar-refractivity contribution in [2.24, 2.45) is 0 Å². The van der Waals surface area contributed by atoms with Crippen molar-refractivity contribution in [3.8, 4) is 11.5 Å². The van der Waals surface area contributed by atoms with Gasteiger partial charge in [0, 0.05) is 19.6 Å². The van der Waals surface area contributed by atoms with Crippen molar-refractivity contribution in [1.82, 2.24) is 19.9 Å². The van der Waals surface area contributed by atoms with E-state index in [-0.39, 0.29) is 11.2 Å². The molecule has 4 rings (SSSR count). The zero-order chi connectivity index (χ0) is 20.4. The van der Waals surface area contributed by atoms with E-state index in [0.29, 0.717) is 39.2 Å². The van der Waals surface area contributed by atoms with Gasteiger partial charge >= 0.3 is 0 Å². The molecule has 1 N–H and O–H groups in total. The zero-order valence-corrected chi connectivity index (χ0v) is 17.6. The van der Waals surface area contributed by atoms with Crippen LogP contribution in [0.15, 0.2) is 18.2 Å². The van der Waals surface area contributed by atoms with Gasteiger partial charge in [-0.15, -0.1) is 0 Å². The van der Waals surface area contributed by atoms with Crippen LogP contribution in [0, 0.1) is 0 Å². The maximum Gasteiger partial charge on any atom is 0.274 e. The number of benzene rings is 1. The number of likely N-dealkylation sites (tertiary alicyclic amines) is 1. The SMILES string of the molecule is COc1ccc(CNc2nc3nc(Cl)nc(C(=O)N4CCCC4)c3s2)cc1OC. The summed E-state index contributed by atoms with van der Waals surface area (Å²) in [6.45, 7) is 2.01. The van der Waals surface area contributed by atoms with Gasteiger partial charge < -0.3 is 19.7 Å². The molecule has 0 spiro atoms. The largest absolute Gasteiger partial charge is 0.493 e. The number of anilines is 1. The van der Waals surface area contributed by atoms with Crippen molar-refractivity contribution in [3.05, 3.63) is 34.7 Å². The zero-order valence-electron chi connectivity index (χ0n) is 16.1. The predicted octanol–water partition coefficient (Wildman–Crippen LogP) is 3.61. The lowest BCUT2D eigenvalue weighted by molar-refractivity contribution is 0.0789. The van der Waals surface area contributed by atoms with Crippen LogP contribution >= 0.6 is 22.9 Å². The molecule has 8 nitrogen and oxygen atoms in total. The molecular weight excluding hydrogens is 414 g/mol. The Hall–Kier alpha value is -2.65. The second-order valence-electron chi connectivity index (χ2n) is 6.56. The normalized spacial score (nSPS) is 13.7. The van der Waals surface area contributed by atoms with E-state index in [0.717, 1.165) is 31.5 Å². The van der Waals surface area contributed by atoms with E-state index in [2.05, 4.69) is 20.3 Å². The van der Waals surface area contributed by atoms with Crippen LogP contribution in [0.4, 0.5) is 5.13 Å². The first-order chi connectivity index (χ1) is 14.1. The molecule has 10 heteroatoms. The minimum atomic E-state index is -0.119. The summed E-state index contributed by atoms with van der Waals surface area (Å²) in [5.41, 5.74) is 1.74. The number of methoxy groups -OCH3 is 2. The lowest BCUT2D eigenvalue weighted by atomic mass is 10.2. The van der Waals surface area contributed by atoms with Crippen molar-refractivity contribution >= 4 is 44.3 Å². The van der Waals surface area contributed by atoms with Crippen LogP contribution in [0.25, 0.3) is 10.3 Å². The minimum Gasteiger partial charge on any atom is -0.493 e. The minimum absolute atomic E-state index is 0.0248. The van der Waals surface area contributed by atoms with Gasteiger partial charge in [-0.3, -0.25) is 4.79 Å². The highest BCUT2D eigenvalue weighted by Gasteiger charge is 2.25. The van der Waals surface area contributed by atoms with Crippen molar-refractivity contribution in [2.75, 3.05) is 32.6 Å². The van der Waals surface area contributed by atoms with Gasteiger partial charge in [-0.25, -0.2) is 4.98 Å². The Balaban J connectivity index is 1.57. The lowest BCUT2D eigenvalue weighted by Gasteiger charge is -2.14. The number of rotatable bonds is 6. The van der Waals surface area contributed by atoms with E-state index in [1.165, 1.54) is 11.3 Å². The quantitative estimate of drug-likeness (QED) is 0.594.